The van der Waals surface area contributed by atoms with E-state index < -0.39 is 0 Å². The molecule has 0 spiro atoms. The van der Waals surface area contributed by atoms with Crippen molar-refractivity contribution < 1.29 is 9.21 Å². The molecule has 1 aromatic rings. The van der Waals surface area contributed by atoms with Crippen LogP contribution in [0.15, 0.2) is 16.5 Å². The summed E-state index contributed by atoms with van der Waals surface area (Å²) in [4.78, 5) is 13.2. The summed E-state index contributed by atoms with van der Waals surface area (Å²) >= 11 is 0. The summed E-state index contributed by atoms with van der Waals surface area (Å²) in [7, 11) is 2.02. The lowest BCUT2D eigenvalue weighted by atomic mass is 10.2. The summed E-state index contributed by atoms with van der Waals surface area (Å²) in [6.45, 7) is 3.72. The molecule has 3 nitrogen and oxygen atoms in total. The standard InChI is InChI=1S/C12H17NO2/c1-8(10-4-5-10)13(3)12-7-6-11(15-12)9(2)14/h6-8,10H,4-5H2,1-3H3. The van der Waals surface area contributed by atoms with E-state index in [2.05, 4.69) is 11.8 Å². The van der Waals surface area contributed by atoms with Crippen molar-refractivity contribution in [3.05, 3.63) is 17.9 Å². The van der Waals surface area contributed by atoms with Crippen LogP contribution in [0.2, 0.25) is 0 Å². The van der Waals surface area contributed by atoms with Crippen molar-refractivity contribution in [3.8, 4) is 0 Å². The van der Waals surface area contributed by atoms with Gasteiger partial charge in [-0.2, -0.15) is 0 Å². The number of nitrogens with zero attached hydrogens (tertiary/aromatic N) is 1. The minimum absolute atomic E-state index is 0.0197. The molecule has 0 aliphatic heterocycles. The lowest BCUT2D eigenvalue weighted by molar-refractivity contribution is 0.0987. The number of anilines is 1. The van der Waals surface area contributed by atoms with Crippen molar-refractivity contribution in [3.63, 3.8) is 0 Å². The Labute approximate surface area is 90.1 Å². The van der Waals surface area contributed by atoms with Gasteiger partial charge in [0.15, 0.2) is 17.4 Å². The van der Waals surface area contributed by atoms with Crippen LogP contribution >= 0.6 is 0 Å². The monoisotopic (exact) mass is 207 g/mol. The highest BCUT2D eigenvalue weighted by molar-refractivity contribution is 5.91. The smallest absolute Gasteiger partial charge is 0.196 e. The van der Waals surface area contributed by atoms with Gasteiger partial charge in [-0.1, -0.05) is 0 Å². The van der Waals surface area contributed by atoms with Crippen molar-refractivity contribution in [2.45, 2.75) is 32.7 Å². The molecule has 0 radical (unpaired) electrons. The molecule has 1 heterocycles. The minimum atomic E-state index is -0.0197. The van der Waals surface area contributed by atoms with Gasteiger partial charge < -0.3 is 9.32 Å². The first-order chi connectivity index (χ1) is 7.09. The highest BCUT2D eigenvalue weighted by atomic mass is 16.4. The van der Waals surface area contributed by atoms with Crippen LogP contribution in [0.25, 0.3) is 0 Å². The molecule has 15 heavy (non-hydrogen) atoms. The van der Waals surface area contributed by atoms with Gasteiger partial charge in [0.25, 0.3) is 0 Å². The Bertz CT molecular complexity index is 365. The zero-order valence-corrected chi connectivity index (χ0v) is 9.49. The Morgan fingerprint density at radius 3 is 2.67 bits per heavy atom. The largest absolute Gasteiger partial charge is 0.437 e. The fraction of sp³-hybridized carbons (Fsp3) is 0.583. The average molecular weight is 207 g/mol. The first-order valence-electron chi connectivity index (χ1n) is 5.43. The van der Waals surface area contributed by atoms with E-state index in [1.54, 1.807) is 6.07 Å². The van der Waals surface area contributed by atoms with Gasteiger partial charge in [-0.05, 0) is 31.7 Å². The van der Waals surface area contributed by atoms with E-state index in [1.165, 1.54) is 19.8 Å². The molecule has 0 aromatic carbocycles. The van der Waals surface area contributed by atoms with Gasteiger partial charge in [-0.3, -0.25) is 4.79 Å². The van der Waals surface area contributed by atoms with E-state index in [1.807, 2.05) is 13.1 Å². The first kappa shape index (κ1) is 10.3. The third kappa shape index (κ3) is 2.06. The number of furan rings is 1. The Morgan fingerprint density at radius 1 is 1.53 bits per heavy atom. The molecule has 0 saturated heterocycles. The summed E-state index contributed by atoms with van der Waals surface area (Å²) in [5.74, 6) is 2.01. The van der Waals surface area contributed by atoms with Crippen molar-refractivity contribution in [2.75, 3.05) is 11.9 Å². The minimum Gasteiger partial charge on any atom is -0.437 e. The molecule has 1 aliphatic rings. The molecule has 3 heteroatoms. The second kappa shape index (κ2) is 3.72. The second-order valence-corrected chi connectivity index (χ2v) is 4.38. The number of hydrogen-bond donors (Lipinski definition) is 0. The lowest BCUT2D eigenvalue weighted by Gasteiger charge is -2.23. The quantitative estimate of drug-likeness (QED) is 0.712. The highest BCUT2D eigenvalue weighted by Crippen LogP contribution is 2.36. The number of rotatable bonds is 4. The van der Waals surface area contributed by atoms with E-state index >= 15 is 0 Å². The van der Waals surface area contributed by atoms with Crippen LogP contribution in [0, 0.1) is 5.92 Å². The first-order valence-corrected chi connectivity index (χ1v) is 5.43. The van der Waals surface area contributed by atoms with Gasteiger partial charge in [0.1, 0.15) is 0 Å². The molecular formula is C12H17NO2. The van der Waals surface area contributed by atoms with E-state index in [0.29, 0.717) is 11.8 Å². The SMILES string of the molecule is CC(=O)c1ccc(N(C)C(C)C2CC2)o1. The van der Waals surface area contributed by atoms with Gasteiger partial charge in [0.2, 0.25) is 0 Å². The molecule has 0 amide bonds. The van der Waals surface area contributed by atoms with Gasteiger partial charge in [-0.25, -0.2) is 0 Å². The topological polar surface area (TPSA) is 33.5 Å². The second-order valence-electron chi connectivity index (χ2n) is 4.38. The Hall–Kier alpha value is -1.25. The maximum atomic E-state index is 11.1. The summed E-state index contributed by atoms with van der Waals surface area (Å²) in [6, 6.07) is 4.11. The fourth-order valence-corrected chi connectivity index (χ4v) is 1.80. The average Bonchev–Trinajstić information content (AvgIpc) is 2.93. The van der Waals surface area contributed by atoms with Crippen LogP contribution < -0.4 is 4.90 Å². The third-order valence-electron chi connectivity index (χ3n) is 3.20. The van der Waals surface area contributed by atoms with Crippen LogP contribution in [0.5, 0.6) is 0 Å². The van der Waals surface area contributed by atoms with Crippen LogP contribution in [0.4, 0.5) is 5.88 Å². The molecule has 1 fully saturated rings. The van der Waals surface area contributed by atoms with Gasteiger partial charge in [0, 0.05) is 26.1 Å². The third-order valence-corrected chi connectivity index (χ3v) is 3.20. The van der Waals surface area contributed by atoms with Crippen LogP contribution in [0.3, 0.4) is 0 Å². The van der Waals surface area contributed by atoms with Crippen LogP contribution in [-0.2, 0) is 0 Å². The molecule has 1 saturated carbocycles. The molecule has 1 aliphatic carbocycles. The number of Topliss-reactive ketones (excluding diaryl/α,β-unsaturated/α-hetero) is 1. The molecule has 0 bridgehead atoms. The normalized spacial score (nSPS) is 17.5. The molecule has 1 unspecified atom stereocenters. The molecule has 82 valence electrons. The highest BCUT2D eigenvalue weighted by Gasteiger charge is 2.31. The number of ketones is 1. The summed E-state index contributed by atoms with van der Waals surface area (Å²) in [5, 5.41) is 0. The fourth-order valence-electron chi connectivity index (χ4n) is 1.80. The number of carbonyl (C=O) groups is 1. The van der Waals surface area contributed by atoms with E-state index in [9.17, 15) is 4.79 Å². The molecule has 1 aromatic heterocycles. The van der Waals surface area contributed by atoms with E-state index in [4.69, 9.17) is 4.42 Å². The summed E-state index contributed by atoms with van der Waals surface area (Å²) < 4.78 is 5.48. The number of hydrogen-bond acceptors (Lipinski definition) is 3. The molecule has 1 atom stereocenters. The van der Waals surface area contributed by atoms with E-state index in [-0.39, 0.29) is 5.78 Å². The zero-order valence-electron chi connectivity index (χ0n) is 9.49. The maximum absolute atomic E-state index is 11.1. The van der Waals surface area contributed by atoms with E-state index in [0.717, 1.165) is 11.8 Å². The molecular weight excluding hydrogens is 190 g/mol. The van der Waals surface area contributed by atoms with Crippen LogP contribution in [0.1, 0.15) is 37.2 Å². The summed E-state index contributed by atoms with van der Waals surface area (Å²) in [6.07, 6.45) is 2.62. The van der Waals surface area contributed by atoms with Gasteiger partial charge in [-0.15, -0.1) is 0 Å². The molecule has 2 rings (SSSR count). The van der Waals surface area contributed by atoms with Crippen LogP contribution in [-0.4, -0.2) is 18.9 Å². The lowest BCUT2D eigenvalue weighted by Crippen LogP contribution is -2.30. The Kier molecular flexibility index (Phi) is 2.55. The Morgan fingerprint density at radius 2 is 2.20 bits per heavy atom. The molecule has 0 N–H and O–H groups in total. The number of carbonyl (C=O) groups excluding carboxylic acids is 1. The van der Waals surface area contributed by atoms with Crippen molar-refractivity contribution >= 4 is 11.7 Å². The van der Waals surface area contributed by atoms with Gasteiger partial charge in [0.05, 0.1) is 0 Å². The summed E-state index contributed by atoms with van der Waals surface area (Å²) in [5.41, 5.74) is 0. The maximum Gasteiger partial charge on any atom is 0.196 e. The van der Waals surface area contributed by atoms with Crippen molar-refractivity contribution in [1.82, 2.24) is 0 Å². The van der Waals surface area contributed by atoms with Gasteiger partial charge >= 0.3 is 0 Å². The predicted molar refractivity (Wildman–Crippen MR) is 59.3 cm³/mol. The zero-order chi connectivity index (χ0) is 11.0. The van der Waals surface area contributed by atoms with Crippen molar-refractivity contribution in [1.29, 1.82) is 0 Å². The van der Waals surface area contributed by atoms with Crippen molar-refractivity contribution in [2.24, 2.45) is 5.92 Å². The predicted octanol–water partition coefficient (Wildman–Crippen LogP) is 2.72. The Balaban J connectivity index is 2.10.